The summed E-state index contributed by atoms with van der Waals surface area (Å²) in [4.78, 5) is 27.7. The van der Waals surface area contributed by atoms with Crippen molar-refractivity contribution in [3.8, 4) is 10.6 Å². The van der Waals surface area contributed by atoms with Crippen molar-refractivity contribution in [2.45, 2.75) is 18.9 Å². The molecular formula is C14H13N3O2S. The van der Waals surface area contributed by atoms with Crippen molar-refractivity contribution in [1.82, 2.24) is 10.3 Å². The van der Waals surface area contributed by atoms with E-state index in [1.807, 2.05) is 0 Å². The largest absolute Gasteiger partial charge is 0.366 e. The summed E-state index contributed by atoms with van der Waals surface area (Å²) in [7, 11) is 0. The Kier molecular flexibility index (Phi) is 3.23. The molecule has 3 rings (SSSR count). The highest BCUT2D eigenvalue weighted by Crippen LogP contribution is 2.26. The summed E-state index contributed by atoms with van der Waals surface area (Å²) in [6.45, 7) is 0. The maximum Gasteiger partial charge on any atom is 0.263 e. The van der Waals surface area contributed by atoms with Crippen LogP contribution in [0.3, 0.4) is 0 Å². The number of nitrogens with two attached hydrogens (primary N) is 1. The van der Waals surface area contributed by atoms with Gasteiger partial charge in [0.2, 0.25) is 5.91 Å². The summed E-state index contributed by atoms with van der Waals surface area (Å²) in [5.41, 5.74) is 6.52. The number of hydrogen-bond donors (Lipinski definition) is 2. The standard InChI is InChI=1S/C14H13N3O2S/c15-12(18)8-1-3-9(4-2-8)14-16-7-11(20-14)13(19)17-10-5-6-10/h1-4,7,10H,5-6H2,(H2,15,18)(H,17,19). The van der Waals surface area contributed by atoms with Gasteiger partial charge in [0, 0.05) is 17.2 Å². The molecule has 1 aromatic heterocycles. The molecular weight excluding hydrogens is 274 g/mol. The minimum Gasteiger partial charge on any atom is -0.366 e. The molecule has 20 heavy (non-hydrogen) atoms. The molecule has 0 unspecified atom stereocenters. The molecule has 6 heteroatoms. The van der Waals surface area contributed by atoms with E-state index in [0.717, 1.165) is 23.4 Å². The third kappa shape index (κ3) is 2.70. The molecule has 1 saturated carbocycles. The summed E-state index contributed by atoms with van der Waals surface area (Å²) >= 11 is 1.34. The van der Waals surface area contributed by atoms with Gasteiger partial charge in [0.25, 0.3) is 5.91 Å². The minimum atomic E-state index is -0.458. The third-order valence-electron chi connectivity index (χ3n) is 3.06. The van der Waals surface area contributed by atoms with Gasteiger partial charge in [-0.15, -0.1) is 11.3 Å². The summed E-state index contributed by atoms with van der Waals surface area (Å²) in [6.07, 6.45) is 3.71. The first-order chi connectivity index (χ1) is 9.63. The number of primary amides is 1. The van der Waals surface area contributed by atoms with Gasteiger partial charge in [0.1, 0.15) is 9.88 Å². The summed E-state index contributed by atoms with van der Waals surface area (Å²) in [6, 6.07) is 7.21. The molecule has 102 valence electrons. The lowest BCUT2D eigenvalue weighted by Crippen LogP contribution is -2.24. The van der Waals surface area contributed by atoms with Crippen LogP contribution in [0.2, 0.25) is 0 Å². The van der Waals surface area contributed by atoms with E-state index >= 15 is 0 Å². The average Bonchev–Trinajstić information content (AvgIpc) is 3.11. The lowest BCUT2D eigenvalue weighted by Gasteiger charge is -1.99. The quantitative estimate of drug-likeness (QED) is 0.899. The van der Waals surface area contributed by atoms with Crippen LogP contribution in [0.25, 0.3) is 10.6 Å². The van der Waals surface area contributed by atoms with E-state index in [2.05, 4.69) is 10.3 Å². The van der Waals surface area contributed by atoms with Gasteiger partial charge >= 0.3 is 0 Å². The van der Waals surface area contributed by atoms with Crippen LogP contribution in [0.4, 0.5) is 0 Å². The van der Waals surface area contributed by atoms with Gasteiger partial charge < -0.3 is 11.1 Å². The number of carbonyl (C=O) groups is 2. The van der Waals surface area contributed by atoms with Crippen LogP contribution >= 0.6 is 11.3 Å². The zero-order chi connectivity index (χ0) is 14.1. The first-order valence-electron chi connectivity index (χ1n) is 6.30. The number of hydrogen-bond acceptors (Lipinski definition) is 4. The van der Waals surface area contributed by atoms with E-state index in [1.54, 1.807) is 30.5 Å². The Balaban J connectivity index is 1.78. The molecule has 0 bridgehead atoms. The third-order valence-corrected chi connectivity index (χ3v) is 4.10. The highest BCUT2D eigenvalue weighted by atomic mass is 32.1. The predicted octanol–water partition coefficient (Wildman–Crippen LogP) is 1.80. The van der Waals surface area contributed by atoms with Crippen molar-refractivity contribution in [1.29, 1.82) is 0 Å². The van der Waals surface area contributed by atoms with Crippen molar-refractivity contribution in [3.05, 3.63) is 40.9 Å². The molecule has 2 aromatic rings. The zero-order valence-corrected chi connectivity index (χ0v) is 11.4. The summed E-state index contributed by atoms with van der Waals surface area (Å²) < 4.78 is 0. The fourth-order valence-corrected chi connectivity index (χ4v) is 2.60. The second-order valence-electron chi connectivity index (χ2n) is 4.72. The van der Waals surface area contributed by atoms with E-state index in [0.29, 0.717) is 16.5 Å². The first kappa shape index (κ1) is 12.8. The van der Waals surface area contributed by atoms with Gasteiger partial charge in [-0.05, 0) is 25.0 Å². The predicted molar refractivity (Wildman–Crippen MR) is 76.6 cm³/mol. The molecule has 0 spiro atoms. The molecule has 0 saturated heterocycles. The number of aromatic nitrogens is 1. The van der Waals surface area contributed by atoms with Crippen LogP contribution in [0.15, 0.2) is 30.5 Å². The smallest absolute Gasteiger partial charge is 0.263 e. The van der Waals surface area contributed by atoms with Gasteiger partial charge in [-0.1, -0.05) is 12.1 Å². The normalized spacial score (nSPS) is 14.0. The fourth-order valence-electron chi connectivity index (χ4n) is 1.77. The topological polar surface area (TPSA) is 85.1 Å². The summed E-state index contributed by atoms with van der Waals surface area (Å²) in [5.74, 6) is -0.523. The molecule has 0 radical (unpaired) electrons. The Morgan fingerprint density at radius 1 is 1.25 bits per heavy atom. The van der Waals surface area contributed by atoms with Gasteiger partial charge in [0.05, 0.1) is 6.20 Å². The van der Waals surface area contributed by atoms with Gasteiger partial charge in [-0.3, -0.25) is 9.59 Å². The van der Waals surface area contributed by atoms with Crippen molar-refractivity contribution in [2.75, 3.05) is 0 Å². The van der Waals surface area contributed by atoms with E-state index in [9.17, 15) is 9.59 Å². The molecule has 0 aliphatic heterocycles. The SMILES string of the molecule is NC(=O)c1ccc(-c2ncc(C(=O)NC3CC3)s2)cc1. The average molecular weight is 287 g/mol. The molecule has 3 N–H and O–H groups in total. The number of benzene rings is 1. The molecule has 1 heterocycles. The molecule has 5 nitrogen and oxygen atoms in total. The zero-order valence-electron chi connectivity index (χ0n) is 10.6. The van der Waals surface area contributed by atoms with Crippen molar-refractivity contribution in [3.63, 3.8) is 0 Å². The van der Waals surface area contributed by atoms with Gasteiger partial charge in [-0.2, -0.15) is 0 Å². The van der Waals surface area contributed by atoms with Crippen molar-refractivity contribution in [2.24, 2.45) is 5.73 Å². The van der Waals surface area contributed by atoms with E-state index in [-0.39, 0.29) is 5.91 Å². The number of nitrogens with zero attached hydrogens (tertiary/aromatic N) is 1. The molecule has 1 aliphatic carbocycles. The Morgan fingerprint density at radius 3 is 2.55 bits per heavy atom. The van der Waals surface area contributed by atoms with Crippen LogP contribution < -0.4 is 11.1 Å². The van der Waals surface area contributed by atoms with Gasteiger partial charge in [-0.25, -0.2) is 4.98 Å². The summed E-state index contributed by atoms with van der Waals surface area (Å²) in [5, 5.41) is 3.68. The van der Waals surface area contributed by atoms with Gasteiger partial charge in [0.15, 0.2) is 0 Å². The van der Waals surface area contributed by atoms with Crippen LogP contribution in [-0.4, -0.2) is 22.8 Å². The van der Waals surface area contributed by atoms with Crippen LogP contribution in [0.1, 0.15) is 32.9 Å². The maximum absolute atomic E-state index is 11.9. The van der Waals surface area contributed by atoms with Crippen molar-refractivity contribution >= 4 is 23.2 Å². The Hall–Kier alpha value is -2.21. The highest BCUT2D eigenvalue weighted by molar-refractivity contribution is 7.16. The van der Waals surface area contributed by atoms with Crippen molar-refractivity contribution < 1.29 is 9.59 Å². The molecule has 0 atom stereocenters. The Labute approximate surface area is 119 Å². The highest BCUT2D eigenvalue weighted by Gasteiger charge is 2.24. The minimum absolute atomic E-state index is 0.0648. The molecule has 2 amide bonds. The molecule has 1 aromatic carbocycles. The van der Waals surface area contributed by atoms with E-state index < -0.39 is 5.91 Å². The number of thiazole rings is 1. The molecule has 1 fully saturated rings. The lowest BCUT2D eigenvalue weighted by atomic mass is 10.1. The second-order valence-corrected chi connectivity index (χ2v) is 5.75. The maximum atomic E-state index is 11.9. The number of carbonyl (C=O) groups excluding carboxylic acids is 2. The van der Waals surface area contributed by atoms with E-state index in [1.165, 1.54) is 11.3 Å². The number of rotatable bonds is 4. The monoisotopic (exact) mass is 287 g/mol. The fraction of sp³-hybridized carbons (Fsp3) is 0.214. The number of amides is 2. The lowest BCUT2D eigenvalue weighted by molar-refractivity contribution is 0.0953. The first-order valence-corrected chi connectivity index (χ1v) is 7.12. The van der Waals surface area contributed by atoms with Crippen LogP contribution in [-0.2, 0) is 0 Å². The Bertz CT molecular complexity index is 659. The van der Waals surface area contributed by atoms with E-state index in [4.69, 9.17) is 5.73 Å². The van der Waals surface area contributed by atoms with Crippen LogP contribution in [0.5, 0.6) is 0 Å². The molecule has 1 aliphatic rings. The Morgan fingerprint density at radius 2 is 1.95 bits per heavy atom. The number of nitrogens with one attached hydrogen (secondary N) is 1. The van der Waals surface area contributed by atoms with Crippen LogP contribution in [0, 0.1) is 0 Å². The second kappa shape index (κ2) is 5.05.